The molecular formula is C16H21N3O2. The largest absolute Gasteiger partial charge is 0.478 e. The van der Waals surface area contributed by atoms with E-state index in [2.05, 4.69) is 28.7 Å². The van der Waals surface area contributed by atoms with E-state index in [9.17, 15) is 4.79 Å². The van der Waals surface area contributed by atoms with Crippen LogP contribution in [0.15, 0.2) is 30.7 Å². The number of aromatic nitrogens is 2. The maximum absolute atomic E-state index is 11.0. The van der Waals surface area contributed by atoms with Crippen LogP contribution in [-0.2, 0) is 13.1 Å². The lowest BCUT2D eigenvalue weighted by atomic mass is 10.1. The van der Waals surface area contributed by atoms with E-state index in [1.807, 2.05) is 31.6 Å². The number of hydrogen-bond acceptors (Lipinski definition) is 3. The second-order valence-corrected chi connectivity index (χ2v) is 5.46. The third-order valence-corrected chi connectivity index (χ3v) is 3.41. The van der Waals surface area contributed by atoms with Crippen LogP contribution in [-0.4, -0.2) is 20.6 Å². The minimum absolute atomic E-state index is 0.356. The highest BCUT2D eigenvalue weighted by Crippen LogP contribution is 2.11. The highest BCUT2D eigenvalue weighted by molar-refractivity contribution is 5.89. The lowest BCUT2D eigenvalue weighted by Crippen LogP contribution is -2.13. The van der Waals surface area contributed by atoms with Gasteiger partial charge in [-0.1, -0.05) is 12.1 Å². The van der Waals surface area contributed by atoms with Crippen molar-refractivity contribution in [3.63, 3.8) is 0 Å². The molecule has 2 N–H and O–H groups in total. The Morgan fingerprint density at radius 1 is 1.38 bits per heavy atom. The van der Waals surface area contributed by atoms with E-state index < -0.39 is 5.97 Å². The Balaban J connectivity index is 1.91. The number of carboxylic acids is 1. The van der Waals surface area contributed by atoms with Crippen molar-refractivity contribution in [2.24, 2.45) is 0 Å². The Kier molecular flexibility index (Phi) is 4.75. The number of nitrogens with zero attached hydrogens (tertiary/aromatic N) is 2. The number of carboxylic acid groups (broad SMARTS) is 1. The van der Waals surface area contributed by atoms with Crippen LogP contribution in [0.25, 0.3) is 0 Å². The summed E-state index contributed by atoms with van der Waals surface area (Å²) in [5.74, 6) is -0.883. The molecule has 2 aromatic rings. The highest BCUT2D eigenvalue weighted by Gasteiger charge is 2.07. The topological polar surface area (TPSA) is 67.2 Å². The first-order valence-electron chi connectivity index (χ1n) is 7.03. The van der Waals surface area contributed by atoms with Crippen molar-refractivity contribution in [2.75, 3.05) is 0 Å². The molecule has 0 aliphatic carbocycles. The molecule has 1 aromatic heterocycles. The van der Waals surface area contributed by atoms with Gasteiger partial charge in [0.05, 0.1) is 17.6 Å². The van der Waals surface area contributed by atoms with Crippen LogP contribution >= 0.6 is 0 Å². The molecule has 0 atom stereocenters. The molecule has 0 radical (unpaired) electrons. The fourth-order valence-corrected chi connectivity index (χ4v) is 2.16. The first-order chi connectivity index (χ1) is 9.97. The molecule has 2 rings (SSSR count). The summed E-state index contributed by atoms with van der Waals surface area (Å²) in [5, 5.41) is 12.3. The Morgan fingerprint density at radius 2 is 2.14 bits per heavy atom. The van der Waals surface area contributed by atoms with Crippen LogP contribution in [0.5, 0.6) is 0 Å². The number of aryl methyl sites for hydroxylation is 1. The van der Waals surface area contributed by atoms with Crippen LogP contribution < -0.4 is 5.32 Å². The zero-order valence-electron chi connectivity index (χ0n) is 12.6. The van der Waals surface area contributed by atoms with Gasteiger partial charge >= 0.3 is 5.97 Å². The number of carbonyl (C=O) groups is 1. The molecule has 1 aromatic carbocycles. The average molecular weight is 287 g/mol. The summed E-state index contributed by atoms with van der Waals surface area (Å²) in [6, 6.07) is 5.82. The van der Waals surface area contributed by atoms with Gasteiger partial charge in [0, 0.05) is 25.3 Å². The van der Waals surface area contributed by atoms with Crippen molar-refractivity contribution in [1.29, 1.82) is 0 Å². The molecule has 0 saturated heterocycles. The summed E-state index contributed by atoms with van der Waals surface area (Å²) in [7, 11) is 0. The Hall–Kier alpha value is -2.14. The first-order valence-corrected chi connectivity index (χ1v) is 7.03. The minimum atomic E-state index is -0.883. The molecule has 0 saturated carbocycles. The van der Waals surface area contributed by atoms with Crippen molar-refractivity contribution < 1.29 is 9.90 Å². The predicted molar refractivity (Wildman–Crippen MR) is 81.3 cm³/mol. The number of nitrogens with one attached hydrogen (secondary N) is 1. The van der Waals surface area contributed by atoms with Crippen LogP contribution in [0.4, 0.5) is 0 Å². The van der Waals surface area contributed by atoms with E-state index in [-0.39, 0.29) is 0 Å². The number of benzene rings is 1. The maximum atomic E-state index is 11.0. The van der Waals surface area contributed by atoms with Crippen LogP contribution in [0.3, 0.4) is 0 Å². The summed E-state index contributed by atoms with van der Waals surface area (Å²) < 4.78 is 2.07. The van der Waals surface area contributed by atoms with Crippen molar-refractivity contribution in [3.8, 4) is 0 Å². The molecule has 0 fully saturated rings. The maximum Gasteiger partial charge on any atom is 0.335 e. The van der Waals surface area contributed by atoms with Crippen molar-refractivity contribution in [3.05, 3.63) is 53.1 Å². The van der Waals surface area contributed by atoms with Crippen LogP contribution in [0, 0.1) is 6.92 Å². The quantitative estimate of drug-likeness (QED) is 0.857. The molecule has 0 unspecified atom stereocenters. The molecule has 1 heterocycles. The standard InChI is InChI=1S/C16H21N3O2/c1-11(2)19-9-14(18-10-19)8-17-7-13-4-5-15(16(20)21)12(3)6-13/h4-6,9-11,17H,7-8H2,1-3H3,(H,20,21). The second kappa shape index (κ2) is 6.54. The highest BCUT2D eigenvalue weighted by atomic mass is 16.4. The van der Waals surface area contributed by atoms with Crippen LogP contribution in [0.2, 0.25) is 0 Å². The van der Waals surface area contributed by atoms with Crippen molar-refractivity contribution in [1.82, 2.24) is 14.9 Å². The van der Waals surface area contributed by atoms with Gasteiger partial charge in [-0.05, 0) is 38.0 Å². The SMILES string of the molecule is Cc1cc(CNCc2cn(C(C)C)cn2)ccc1C(=O)O. The zero-order valence-corrected chi connectivity index (χ0v) is 12.6. The number of imidazole rings is 1. The van der Waals surface area contributed by atoms with Gasteiger partial charge in [-0.2, -0.15) is 0 Å². The van der Waals surface area contributed by atoms with Crippen molar-refractivity contribution >= 4 is 5.97 Å². The number of rotatable bonds is 6. The summed E-state index contributed by atoms with van der Waals surface area (Å²) >= 11 is 0. The fraction of sp³-hybridized carbons (Fsp3) is 0.375. The van der Waals surface area contributed by atoms with E-state index in [0.717, 1.165) is 16.8 Å². The molecule has 5 nitrogen and oxygen atoms in total. The summed E-state index contributed by atoms with van der Waals surface area (Å²) in [5.41, 5.74) is 3.21. The van der Waals surface area contributed by atoms with E-state index >= 15 is 0 Å². The monoisotopic (exact) mass is 287 g/mol. The molecule has 112 valence electrons. The van der Waals surface area contributed by atoms with E-state index in [4.69, 9.17) is 5.11 Å². The van der Waals surface area contributed by atoms with E-state index in [1.54, 1.807) is 6.07 Å². The van der Waals surface area contributed by atoms with Gasteiger partial charge in [0.25, 0.3) is 0 Å². The number of aromatic carboxylic acids is 1. The van der Waals surface area contributed by atoms with Gasteiger partial charge in [-0.25, -0.2) is 9.78 Å². The third-order valence-electron chi connectivity index (χ3n) is 3.41. The predicted octanol–water partition coefficient (Wildman–Crippen LogP) is 2.76. The Bertz CT molecular complexity index is 632. The van der Waals surface area contributed by atoms with Crippen molar-refractivity contribution in [2.45, 2.75) is 39.9 Å². The smallest absolute Gasteiger partial charge is 0.335 e. The van der Waals surface area contributed by atoms with Gasteiger partial charge in [-0.3, -0.25) is 0 Å². The van der Waals surface area contributed by atoms with Gasteiger partial charge in [0.1, 0.15) is 0 Å². The number of hydrogen-bond donors (Lipinski definition) is 2. The second-order valence-electron chi connectivity index (χ2n) is 5.46. The van der Waals surface area contributed by atoms with Gasteiger partial charge in [-0.15, -0.1) is 0 Å². The lowest BCUT2D eigenvalue weighted by Gasteiger charge is -2.07. The molecule has 5 heteroatoms. The molecule has 0 amide bonds. The fourth-order valence-electron chi connectivity index (χ4n) is 2.16. The Labute approximate surface area is 124 Å². The minimum Gasteiger partial charge on any atom is -0.478 e. The third kappa shape index (κ3) is 3.92. The normalized spacial score (nSPS) is 11.0. The average Bonchev–Trinajstić information content (AvgIpc) is 2.87. The molecule has 0 spiro atoms. The van der Waals surface area contributed by atoms with Gasteiger partial charge in [0.15, 0.2) is 0 Å². The summed E-state index contributed by atoms with van der Waals surface area (Å²) in [6.45, 7) is 7.43. The molecule has 0 aliphatic rings. The molecule has 0 aliphatic heterocycles. The van der Waals surface area contributed by atoms with E-state index in [1.165, 1.54) is 0 Å². The first kappa shape index (κ1) is 15.3. The molecule has 21 heavy (non-hydrogen) atoms. The molecular weight excluding hydrogens is 266 g/mol. The zero-order chi connectivity index (χ0) is 15.4. The van der Waals surface area contributed by atoms with Gasteiger partial charge in [0.2, 0.25) is 0 Å². The lowest BCUT2D eigenvalue weighted by molar-refractivity contribution is 0.0696. The summed E-state index contributed by atoms with van der Waals surface area (Å²) in [6.07, 6.45) is 3.88. The Morgan fingerprint density at radius 3 is 2.71 bits per heavy atom. The van der Waals surface area contributed by atoms with E-state index in [0.29, 0.717) is 24.7 Å². The summed E-state index contributed by atoms with van der Waals surface area (Å²) in [4.78, 5) is 15.3. The van der Waals surface area contributed by atoms with Gasteiger partial charge < -0.3 is 15.0 Å². The molecule has 0 bridgehead atoms. The van der Waals surface area contributed by atoms with Crippen LogP contribution in [0.1, 0.15) is 47.1 Å².